The summed E-state index contributed by atoms with van der Waals surface area (Å²) in [7, 11) is 3.29. The van der Waals surface area contributed by atoms with Crippen molar-refractivity contribution in [1.82, 2.24) is 20.6 Å². The molecular formula is C18H25N5O3S. The molecule has 8 nitrogen and oxygen atoms in total. The lowest BCUT2D eigenvalue weighted by Crippen LogP contribution is -2.38. The number of hydrogen-bond acceptors (Lipinski definition) is 7. The van der Waals surface area contributed by atoms with Crippen molar-refractivity contribution in [3.05, 3.63) is 39.5 Å². The minimum Gasteiger partial charge on any atom is -0.481 e. The highest BCUT2D eigenvalue weighted by Gasteiger charge is 2.20. The van der Waals surface area contributed by atoms with Crippen LogP contribution in [-0.4, -0.2) is 42.7 Å². The van der Waals surface area contributed by atoms with Crippen molar-refractivity contribution < 1.29 is 14.3 Å². The van der Waals surface area contributed by atoms with Crippen molar-refractivity contribution in [2.75, 3.05) is 20.8 Å². The highest BCUT2D eigenvalue weighted by molar-refractivity contribution is 7.13. The molecule has 0 fully saturated rings. The number of pyridine rings is 1. The minimum atomic E-state index is -0.333. The quantitative estimate of drug-likeness (QED) is 0.425. The van der Waals surface area contributed by atoms with Crippen LogP contribution in [0, 0.1) is 6.92 Å². The van der Waals surface area contributed by atoms with E-state index in [1.807, 2.05) is 26.0 Å². The van der Waals surface area contributed by atoms with Gasteiger partial charge in [0.1, 0.15) is 9.88 Å². The lowest BCUT2D eigenvalue weighted by atomic mass is 10.2. The lowest BCUT2D eigenvalue weighted by molar-refractivity contribution is 0.0531. The van der Waals surface area contributed by atoms with Gasteiger partial charge < -0.3 is 20.1 Å². The lowest BCUT2D eigenvalue weighted by Gasteiger charge is -2.16. The average molecular weight is 391 g/mol. The molecule has 0 bridgehead atoms. The van der Waals surface area contributed by atoms with Crippen LogP contribution in [-0.2, 0) is 11.3 Å². The van der Waals surface area contributed by atoms with Crippen LogP contribution < -0.4 is 15.4 Å². The van der Waals surface area contributed by atoms with Gasteiger partial charge in [0.25, 0.3) is 0 Å². The predicted octanol–water partition coefficient (Wildman–Crippen LogP) is 2.46. The van der Waals surface area contributed by atoms with Gasteiger partial charge >= 0.3 is 5.97 Å². The number of ether oxygens (including phenoxy) is 2. The number of carbonyl (C=O) groups is 1. The van der Waals surface area contributed by atoms with Gasteiger partial charge in [0.05, 0.1) is 25.5 Å². The van der Waals surface area contributed by atoms with Crippen LogP contribution in [0.25, 0.3) is 0 Å². The largest absolute Gasteiger partial charge is 0.481 e. The molecule has 0 saturated carbocycles. The normalized spacial score (nSPS) is 12.4. The fourth-order valence-electron chi connectivity index (χ4n) is 2.31. The van der Waals surface area contributed by atoms with Crippen molar-refractivity contribution in [2.45, 2.75) is 33.4 Å². The molecule has 9 heteroatoms. The van der Waals surface area contributed by atoms with Crippen LogP contribution in [0.15, 0.2) is 23.3 Å². The summed E-state index contributed by atoms with van der Waals surface area (Å²) >= 11 is 1.33. The number of rotatable bonds is 7. The van der Waals surface area contributed by atoms with Crippen LogP contribution in [0.3, 0.4) is 0 Å². The SMILES string of the molecule is CCOC(=O)c1sc(C(C)NC(=NC)NCc2ccnc(OC)c2)nc1C. The monoisotopic (exact) mass is 391 g/mol. The predicted molar refractivity (Wildman–Crippen MR) is 105 cm³/mol. The second-order valence-corrected chi connectivity index (χ2v) is 6.72. The molecule has 2 aromatic rings. The number of thiazole rings is 1. The van der Waals surface area contributed by atoms with Gasteiger partial charge in [0.2, 0.25) is 5.88 Å². The molecule has 2 aromatic heterocycles. The smallest absolute Gasteiger partial charge is 0.350 e. The van der Waals surface area contributed by atoms with Crippen LogP contribution in [0.4, 0.5) is 0 Å². The summed E-state index contributed by atoms with van der Waals surface area (Å²) in [6.45, 7) is 6.47. The van der Waals surface area contributed by atoms with E-state index in [0.717, 1.165) is 10.6 Å². The van der Waals surface area contributed by atoms with E-state index in [1.54, 1.807) is 27.3 Å². The first kappa shape index (κ1) is 20.6. The summed E-state index contributed by atoms with van der Waals surface area (Å²) in [4.78, 5) is 25.3. The number of esters is 1. The third kappa shape index (κ3) is 5.65. The molecular weight excluding hydrogens is 366 g/mol. The van der Waals surface area contributed by atoms with Gasteiger partial charge in [0, 0.05) is 25.9 Å². The molecule has 1 unspecified atom stereocenters. The van der Waals surface area contributed by atoms with Crippen molar-refractivity contribution in [3.8, 4) is 5.88 Å². The van der Waals surface area contributed by atoms with Crippen molar-refractivity contribution in [1.29, 1.82) is 0 Å². The Hall–Kier alpha value is -2.68. The van der Waals surface area contributed by atoms with Crippen molar-refractivity contribution >= 4 is 23.3 Å². The molecule has 2 rings (SSSR count). The second kappa shape index (κ2) is 9.86. The fraction of sp³-hybridized carbons (Fsp3) is 0.444. The van der Waals surface area contributed by atoms with Gasteiger partial charge in [-0.1, -0.05) is 0 Å². The standard InChI is InChI=1S/C18H25N5O3S/c1-6-26-17(24)15-11(2)22-16(27-15)12(3)23-18(19-4)21-10-13-7-8-20-14(9-13)25-5/h7-9,12H,6,10H2,1-5H3,(H2,19,21,23). The zero-order chi connectivity index (χ0) is 19.8. The average Bonchev–Trinajstić information content (AvgIpc) is 3.07. The summed E-state index contributed by atoms with van der Waals surface area (Å²) < 4.78 is 10.2. The number of nitrogens with one attached hydrogen (secondary N) is 2. The summed E-state index contributed by atoms with van der Waals surface area (Å²) in [6.07, 6.45) is 1.70. The number of guanidine groups is 1. The second-order valence-electron chi connectivity index (χ2n) is 5.69. The van der Waals surface area contributed by atoms with E-state index in [4.69, 9.17) is 9.47 Å². The Morgan fingerprint density at radius 1 is 1.44 bits per heavy atom. The molecule has 0 aliphatic rings. The summed E-state index contributed by atoms with van der Waals surface area (Å²) in [5.41, 5.74) is 1.70. The minimum absolute atomic E-state index is 0.116. The van der Waals surface area contributed by atoms with E-state index < -0.39 is 0 Å². The van der Waals surface area contributed by atoms with Gasteiger partial charge in [-0.3, -0.25) is 4.99 Å². The Morgan fingerprint density at radius 2 is 2.22 bits per heavy atom. The maximum absolute atomic E-state index is 12.0. The molecule has 0 aliphatic heterocycles. The first-order valence-corrected chi connectivity index (χ1v) is 9.40. The highest BCUT2D eigenvalue weighted by Crippen LogP contribution is 2.24. The fourth-order valence-corrected chi connectivity index (χ4v) is 3.27. The van der Waals surface area contributed by atoms with Crippen molar-refractivity contribution in [3.63, 3.8) is 0 Å². The van der Waals surface area contributed by atoms with E-state index in [-0.39, 0.29) is 12.0 Å². The molecule has 0 aromatic carbocycles. The zero-order valence-corrected chi connectivity index (χ0v) is 17.0. The van der Waals surface area contributed by atoms with Crippen LogP contribution >= 0.6 is 11.3 Å². The highest BCUT2D eigenvalue weighted by atomic mass is 32.1. The maximum Gasteiger partial charge on any atom is 0.350 e. The molecule has 0 radical (unpaired) electrons. The Bertz CT molecular complexity index is 806. The Balaban J connectivity index is 1.99. The number of nitrogens with zero attached hydrogens (tertiary/aromatic N) is 3. The maximum atomic E-state index is 12.0. The molecule has 2 N–H and O–H groups in total. The van der Waals surface area contributed by atoms with Crippen LogP contribution in [0.1, 0.15) is 45.8 Å². The number of aliphatic imine (C=N–C) groups is 1. The molecule has 146 valence electrons. The number of aryl methyl sites for hydroxylation is 1. The van der Waals surface area contributed by atoms with E-state index >= 15 is 0 Å². The van der Waals surface area contributed by atoms with Gasteiger partial charge in [-0.05, 0) is 32.4 Å². The summed E-state index contributed by atoms with van der Waals surface area (Å²) in [6, 6.07) is 3.65. The molecule has 0 saturated heterocycles. The molecule has 27 heavy (non-hydrogen) atoms. The summed E-state index contributed by atoms with van der Waals surface area (Å²) in [5, 5.41) is 7.32. The molecule has 0 spiro atoms. The molecule has 0 aliphatic carbocycles. The third-order valence-corrected chi connectivity index (χ3v) is 5.01. The first-order chi connectivity index (χ1) is 13.0. The number of hydrogen-bond donors (Lipinski definition) is 2. The summed E-state index contributed by atoms with van der Waals surface area (Å²) in [5.74, 6) is 0.860. The number of methoxy groups -OCH3 is 1. The van der Waals surface area contributed by atoms with E-state index in [0.29, 0.717) is 35.6 Å². The zero-order valence-electron chi connectivity index (χ0n) is 16.2. The van der Waals surface area contributed by atoms with E-state index in [9.17, 15) is 4.79 Å². The van der Waals surface area contributed by atoms with Crippen LogP contribution in [0.2, 0.25) is 0 Å². The van der Waals surface area contributed by atoms with Crippen molar-refractivity contribution in [2.24, 2.45) is 4.99 Å². The van der Waals surface area contributed by atoms with Gasteiger partial charge in [-0.15, -0.1) is 11.3 Å². The topological polar surface area (TPSA) is 97.7 Å². The third-order valence-electron chi connectivity index (χ3n) is 3.69. The van der Waals surface area contributed by atoms with Gasteiger partial charge in [-0.25, -0.2) is 14.8 Å². The number of aromatic nitrogens is 2. The van der Waals surface area contributed by atoms with Crippen LogP contribution in [0.5, 0.6) is 5.88 Å². The molecule has 1 atom stereocenters. The van der Waals surface area contributed by atoms with Gasteiger partial charge in [-0.2, -0.15) is 0 Å². The Labute approximate surface area is 163 Å². The van der Waals surface area contributed by atoms with E-state index in [2.05, 4.69) is 25.6 Å². The Kier molecular flexibility index (Phi) is 7.54. The molecule has 2 heterocycles. The number of carbonyl (C=O) groups excluding carboxylic acids is 1. The first-order valence-electron chi connectivity index (χ1n) is 8.59. The van der Waals surface area contributed by atoms with E-state index in [1.165, 1.54) is 11.3 Å². The Morgan fingerprint density at radius 3 is 2.89 bits per heavy atom. The van der Waals surface area contributed by atoms with Gasteiger partial charge in [0.15, 0.2) is 5.96 Å². The molecule has 0 amide bonds.